The zero-order valence-electron chi connectivity index (χ0n) is 11.9. The van der Waals surface area contributed by atoms with E-state index in [0.717, 1.165) is 37.3 Å². The van der Waals surface area contributed by atoms with Gasteiger partial charge in [0.2, 0.25) is 0 Å². The third-order valence-electron chi connectivity index (χ3n) is 3.77. The summed E-state index contributed by atoms with van der Waals surface area (Å²) < 4.78 is 13.7. The van der Waals surface area contributed by atoms with Crippen molar-refractivity contribution in [1.29, 1.82) is 0 Å². The topological polar surface area (TPSA) is 41.0 Å². The summed E-state index contributed by atoms with van der Waals surface area (Å²) in [6.45, 7) is 2.56. The Morgan fingerprint density at radius 1 is 1.29 bits per heavy atom. The summed E-state index contributed by atoms with van der Waals surface area (Å²) in [4.78, 5) is 10.6. The lowest BCUT2D eigenvalue weighted by atomic mass is 10.0. The highest BCUT2D eigenvalue weighted by molar-refractivity contribution is 5.31. The van der Waals surface area contributed by atoms with Crippen molar-refractivity contribution in [3.8, 4) is 0 Å². The van der Waals surface area contributed by atoms with E-state index < -0.39 is 0 Å². The fraction of sp³-hybridized carbons (Fsp3) is 0.375. The Bertz CT molecular complexity index is 575. The van der Waals surface area contributed by atoms with Crippen molar-refractivity contribution in [3.63, 3.8) is 0 Å². The largest absolute Gasteiger partial charge is 0.365 e. The number of aromatic nitrogens is 2. The summed E-state index contributed by atoms with van der Waals surface area (Å²) in [6, 6.07) is 7.33. The molecule has 0 unspecified atom stereocenters. The molecule has 1 aromatic heterocycles. The summed E-state index contributed by atoms with van der Waals surface area (Å²) in [7, 11) is 0. The van der Waals surface area contributed by atoms with Crippen LogP contribution in [0.15, 0.2) is 42.9 Å². The van der Waals surface area contributed by atoms with E-state index in [1.165, 1.54) is 6.07 Å². The molecule has 1 atom stereocenters. The first kappa shape index (κ1) is 13.9. The van der Waals surface area contributed by atoms with Crippen LogP contribution in [0.2, 0.25) is 0 Å². The zero-order valence-corrected chi connectivity index (χ0v) is 11.9. The number of nitrogens with zero attached hydrogens (tertiary/aromatic N) is 3. The van der Waals surface area contributed by atoms with Crippen molar-refractivity contribution in [2.24, 2.45) is 0 Å². The number of anilines is 1. The van der Waals surface area contributed by atoms with Gasteiger partial charge in [0, 0.05) is 37.1 Å². The lowest BCUT2D eigenvalue weighted by Crippen LogP contribution is -2.41. The predicted octanol–water partition coefficient (Wildman–Crippen LogP) is 2.69. The lowest BCUT2D eigenvalue weighted by Gasteiger charge is -2.33. The molecule has 1 aliphatic heterocycles. The van der Waals surface area contributed by atoms with Gasteiger partial charge < -0.3 is 5.32 Å². The minimum atomic E-state index is -0.124. The second-order valence-electron chi connectivity index (χ2n) is 5.40. The second kappa shape index (κ2) is 6.63. The molecule has 110 valence electrons. The Balaban J connectivity index is 1.60. The molecule has 1 N–H and O–H groups in total. The molecule has 2 heterocycles. The molecule has 1 aliphatic rings. The van der Waals surface area contributed by atoms with Crippen LogP contribution in [0.25, 0.3) is 0 Å². The summed E-state index contributed by atoms with van der Waals surface area (Å²) in [5.74, 6) is 0.678. The fourth-order valence-electron chi connectivity index (χ4n) is 2.77. The van der Waals surface area contributed by atoms with Gasteiger partial charge in [-0.1, -0.05) is 18.2 Å². The number of piperidine rings is 1. The molecule has 21 heavy (non-hydrogen) atoms. The van der Waals surface area contributed by atoms with Crippen LogP contribution < -0.4 is 5.32 Å². The molecular weight excluding hydrogens is 267 g/mol. The van der Waals surface area contributed by atoms with Gasteiger partial charge in [-0.05, 0) is 25.5 Å². The van der Waals surface area contributed by atoms with Crippen molar-refractivity contribution >= 4 is 5.82 Å². The molecular formula is C16H19FN4. The minimum absolute atomic E-state index is 0.124. The van der Waals surface area contributed by atoms with Crippen LogP contribution in [-0.2, 0) is 6.54 Å². The molecule has 0 amide bonds. The van der Waals surface area contributed by atoms with Crippen LogP contribution >= 0.6 is 0 Å². The van der Waals surface area contributed by atoms with Crippen LogP contribution in [0.5, 0.6) is 0 Å². The van der Waals surface area contributed by atoms with E-state index in [9.17, 15) is 4.39 Å². The van der Waals surface area contributed by atoms with Crippen LogP contribution in [-0.4, -0.2) is 34.0 Å². The van der Waals surface area contributed by atoms with Gasteiger partial charge in [0.05, 0.1) is 6.20 Å². The molecule has 0 radical (unpaired) electrons. The first-order chi connectivity index (χ1) is 10.3. The van der Waals surface area contributed by atoms with Crippen molar-refractivity contribution in [3.05, 3.63) is 54.2 Å². The highest BCUT2D eigenvalue weighted by Gasteiger charge is 2.20. The Hall–Kier alpha value is -2.01. The molecule has 4 nitrogen and oxygen atoms in total. The van der Waals surface area contributed by atoms with Gasteiger partial charge in [-0.3, -0.25) is 9.88 Å². The molecule has 2 aromatic rings. The Kier molecular flexibility index (Phi) is 4.40. The number of likely N-dealkylation sites (tertiary alicyclic amines) is 1. The van der Waals surface area contributed by atoms with Gasteiger partial charge in [-0.2, -0.15) is 0 Å². The summed E-state index contributed by atoms with van der Waals surface area (Å²) in [6.07, 6.45) is 7.28. The van der Waals surface area contributed by atoms with Gasteiger partial charge in [0.25, 0.3) is 0 Å². The number of rotatable bonds is 4. The molecule has 1 saturated heterocycles. The standard InChI is InChI=1S/C16H19FN4/c17-15-6-2-1-4-13(15)11-21-9-3-5-14(12-21)20-16-10-18-7-8-19-16/h1-2,4,6-8,10,14H,3,5,9,11-12H2,(H,19,20)/t14-/m1/s1. The van der Waals surface area contributed by atoms with E-state index in [1.54, 1.807) is 24.7 Å². The molecule has 0 bridgehead atoms. The van der Waals surface area contributed by atoms with Crippen LogP contribution in [0, 0.1) is 5.82 Å². The number of benzene rings is 1. The predicted molar refractivity (Wildman–Crippen MR) is 80.4 cm³/mol. The van der Waals surface area contributed by atoms with E-state index in [4.69, 9.17) is 0 Å². The molecule has 0 saturated carbocycles. The Morgan fingerprint density at radius 2 is 2.19 bits per heavy atom. The van der Waals surface area contributed by atoms with Crippen molar-refractivity contribution < 1.29 is 4.39 Å². The highest BCUT2D eigenvalue weighted by atomic mass is 19.1. The van der Waals surface area contributed by atoms with E-state index >= 15 is 0 Å². The first-order valence-corrected chi connectivity index (χ1v) is 7.29. The maximum atomic E-state index is 13.7. The van der Waals surface area contributed by atoms with E-state index in [2.05, 4.69) is 20.2 Å². The van der Waals surface area contributed by atoms with Crippen molar-refractivity contribution in [2.45, 2.75) is 25.4 Å². The van der Waals surface area contributed by atoms with Crippen molar-refractivity contribution in [1.82, 2.24) is 14.9 Å². The number of nitrogens with one attached hydrogen (secondary N) is 1. The Morgan fingerprint density at radius 3 is 3.00 bits per heavy atom. The third-order valence-corrected chi connectivity index (χ3v) is 3.77. The first-order valence-electron chi connectivity index (χ1n) is 7.29. The quantitative estimate of drug-likeness (QED) is 0.938. The van der Waals surface area contributed by atoms with Gasteiger partial charge in [-0.25, -0.2) is 9.37 Å². The average molecular weight is 286 g/mol. The highest BCUT2D eigenvalue weighted by Crippen LogP contribution is 2.17. The second-order valence-corrected chi connectivity index (χ2v) is 5.40. The van der Waals surface area contributed by atoms with Gasteiger partial charge >= 0.3 is 0 Å². The van der Waals surface area contributed by atoms with Crippen LogP contribution in [0.4, 0.5) is 10.2 Å². The van der Waals surface area contributed by atoms with Gasteiger partial charge in [-0.15, -0.1) is 0 Å². The molecule has 0 spiro atoms. The average Bonchev–Trinajstić information content (AvgIpc) is 2.51. The number of hydrogen-bond acceptors (Lipinski definition) is 4. The maximum Gasteiger partial charge on any atom is 0.144 e. The third kappa shape index (κ3) is 3.76. The lowest BCUT2D eigenvalue weighted by molar-refractivity contribution is 0.206. The number of hydrogen-bond donors (Lipinski definition) is 1. The maximum absolute atomic E-state index is 13.7. The smallest absolute Gasteiger partial charge is 0.144 e. The van der Waals surface area contributed by atoms with Gasteiger partial charge in [0.15, 0.2) is 0 Å². The van der Waals surface area contributed by atoms with E-state index in [-0.39, 0.29) is 5.82 Å². The summed E-state index contributed by atoms with van der Waals surface area (Å²) >= 11 is 0. The van der Waals surface area contributed by atoms with E-state index in [0.29, 0.717) is 12.6 Å². The zero-order chi connectivity index (χ0) is 14.5. The van der Waals surface area contributed by atoms with Crippen molar-refractivity contribution in [2.75, 3.05) is 18.4 Å². The normalized spacial score (nSPS) is 19.4. The minimum Gasteiger partial charge on any atom is -0.365 e. The Labute approximate surface area is 124 Å². The molecule has 0 aliphatic carbocycles. The van der Waals surface area contributed by atoms with Gasteiger partial charge in [0.1, 0.15) is 11.6 Å². The molecule has 5 heteroatoms. The SMILES string of the molecule is Fc1ccccc1CN1CCC[C@@H](Nc2cnccn2)C1. The fourth-order valence-corrected chi connectivity index (χ4v) is 2.77. The molecule has 1 aromatic carbocycles. The molecule has 1 fully saturated rings. The van der Waals surface area contributed by atoms with E-state index in [1.807, 2.05) is 12.1 Å². The number of halogens is 1. The monoisotopic (exact) mass is 286 g/mol. The van der Waals surface area contributed by atoms with Crippen LogP contribution in [0.1, 0.15) is 18.4 Å². The summed E-state index contributed by atoms with van der Waals surface area (Å²) in [5, 5.41) is 3.40. The summed E-state index contributed by atoms with van der Waals surface area (Å²) in [5.41, 5.74) is 0.762. The molecule has 3 rings (SSSR count). The van der Waals surface area contributed by atoms with Crippen LogP contribution in [0.3, 0.4) is 0 Å².